The lowest BCUT2D eigenvalue weighted by Gasteiger charge is -2.48. The second-order valence-corrected chi connectivity index (χ2v) is 7.15. The van der Waals surface area contributed by atoms with Gasteiger partial charge in [0, 0.05) is 38.0 Å². The Morgan fingerprint density at radius 1 is 1.09 bits per heavy atom. The molecule has 0 saturated carbocycles. The van der Waals surface area contributed by atoms with Crippen LogP contribution < -0.4 is 0 Å². The molecule has 1 atom stereocenters. The number of aliphatic hydroxyl groups is 1. The monoisotopic (exact) mass is 316 g/mol. The van der Waals surface area contributed by atoms with E-state index in [-0.39, 0.29) is 12.0 Å². The molecule has 2 aliphatic heterocycles. The number of carbonyl (C=O) groups is 1. The van der Waals surface area contributed by atoms with Crippen LogP contribution in [0.15, 0.2) is 30.3 Å². The number of rotatable bonds is 5. The summed E-state index contributed by atoms with van der Waals surface area (Å²) in [6, 6.07) is 10.4. The summed E-state index contributed by atoms with van der Waals surface area (Å²) < 4.78 is 0. The average Bonchev–Trinajstić information content (AvgIpc) is 2.58. The minimum absolute atomic E-state index is 0.229. The van der Waals surface area contributed by atoms with E-state index in [2.05, 4.69) is 34.1 Å². The number of nitrogens with zero attached hydrogens (tertiary/aromatic N) is 2. The second-order valence-electron chi connectivity index (χ2n) is 7.15. The predicted molar refractivity (Wildman–Crippen MR) is 91.2 cm³/mol. The normalized spacial score (nSPS) is 26.0. The van der Waals surface area contributed by atoms with Crippen LogP contribution in [0.25, 0.3) is 0 Å². The van der Waals surface area contributed by atoms with E-state index in [4.69, 9.17) is 0 Å². The van der Waals surface area contributed by atoms with Gasteiger partial charge in [-0.1, -0.05) is 30.3 Å². The van der Waals surface area contributed by atoms with Crippen molar-refractivity contribution in [2.24, 2.45) is 5.41 Å². The Morgan fingerprint density at radius 2 is 1.91 bits per heavy atom. The molecule has 0 aromatic heterocycles. The Morgan fingerprint density at radius 3 is 2.70 bits per heavy atom. The van der Waals surface area contributed by atoms with Gasteiger partial charge in [0.05, 0.1) is 6.61 Å². The molecule has 2 fully saturated rings. The molecule has 2 heterocycles. The van der Waals surface area contributed by atoms with E-state index in [1.165, 1.54) is 18.4 Å². The second kappa shape index (κ2) is 7.45. The zero-order valence-electron chi connectivity index (χ0n) is 13.9. The molecule has 3 rings (SSSR count). The van der Waals surface area contributed by atoms with E-state index in [0.29, 0.717) is 12.3 Å². The standard InChI is InChI=1S/C19H28N2O2/c22-14-13-20-11-4-9-19(15-20)10-7-18(23)21(16-19)12-8-17-5-2-1-3-6-17/h1-3,5-6,22H,4,7-16H2/t19-/m0/s1. The van der Waals surface area contributed by atoms with Crippen LogP contribution in [0.1, 0.15) is 31.2 Å². The van der Waals surface area contributed by atoms with Gasteiger partial charge in [-0.05, 0) is 37.8 Å². The van der Waals surface area contributed by atoms with Crippen LogP contribution in [0.3, 0.4) is 0 Å². The first-order valence-corrected chi connectivity index (χ1v) is 8.86. The van der Waals surface area contributed by atoms with Gasteiger partial charge in [-0.3, -0.25) is 4.79 Å². The number of aliphatic hydroxyl groups excluding tert-OH is 1. The van der Waals surface area contributed by atoms with Crippen molar-refractivity contribution in [2.75, 3.05) is 39.3 Å². The minimum atomic E-state index is 0.229. The zero-order valence-corrected chi connectivity index (χ0v) is 13.9. The van der Waals surface area contributed by atoms with Crippen LogP contribution in [0.5, 0.6) is 0 Å². The summed E-state index contributed by atoms with van der Waals surface area (Å²) in [6.07, 6.45) is 5.02. The van der Waals surface area contributed by atoms with E-state index in [0.717, 1.165) is 45.6 Å². The number of hydrogen-bond acceptors (Lipinski definition) is 3. The van der Waals surface area contributed by atoms with Gasteiger partial charge in [0.15, 0.2) is 0 Å². The first kappa shape index (κ1) is 16.5. The van der Waals surface area contributed by atoms with Crippen molar-refractivity contribution >= 4 is 5.91 Å². The predicted octanol–water partition coefficient (Wildman–Crippen LogP) is 1.93. The molecule has 1 amide bonds. The number of carbonyl (C=O) groups excluding carboxylic acids is 1. The van der Waals surface area contributed by atoms with Crippen LogP contribution in [0, 0.1) is 5.41 Å². The molecular formula is C19H28N2O2. The largest absolute Gasteiger partial charge is 0.395 e. The fourth-order valence-electron chi connectivity index (χ4n) is 4.19. The molecule has 2 aliphatic rings. The van der Waals surface area contributed by atoms with Crippen molar-refractivity contribution in [1.29, 1.82) is 0 Å². The lowest BCUT2D eigenvalue weighted by Crippen LogP contribution is -2.54. The topological polar surface area (TPSA) is 43.8 Å². The molecule has 4 nitrogen and oxygen atoms in total. The molecule has 2 saturated heterocycles. The first-order valence-electron chi connectivity index (χ1n) is 8.86. The maximum atomic E-state index is 12.3. The molecule has 1 N–H and O–H groups in total. The third kappa shape index (κ3) is 4.12. The Hall–Kier alpha value is -1.39. The van der Waals surface area contributed by atoms with Crippen LogP contribution in [-0.2, 0) is 11.2 Å². The molecule has 1 aromatic carbocycles. The lowest BCUT2D eigenvalue weighted by molar-refractivity contribution is -0.139. The van der Waals surface area contributed by atoms with Crippen molar-refractivity contribution in [3.8, 4) is 0 Å². The van der Waals surface area contributed by atoms with E-state index < -0.39 is 0 Å². The fourth-order valence-corrected chi connectivity index (χ4v) is 4.19. The van der Waals surface area contributed by atoms with Crippen molar-refractivity contribution in [2.45, 2.75) is 32.1 Å². The van der Waals surface area contributed by atoms with Gasteiger partial charge in [0.25, 0.3) is 0 Å². The van der Waals surface area contributed by atoms with Crippen molar-refractivity contribution < 1.29 is 9.90 Å². The van der Waals surface area contributed by atoms with E-state index in [1.807, 2.05) is 6.07 Å². The third-order valence-electron chi connectivity index (χ3n) is 5.42. The van der Waals surface area contributed by atoms with Gasteiger partial charge in [-0.25, -0.2) is 0 Å². The summed E-state index contributed by atoms with van der Waals surface area (Å²) in [6.45, 7) is 4.82. The van der Waals surface area contributed by atoms with Gasteiger partial charge in [-0.2, -0.15) is 0 Å². The molecule has 1 aromatic rings. The highest BCUT2D eigenvalue weighted by Crippen LogP contribution is 2.38. The smallest absolute Gasteiger partial charge is 0.222 e. The Labute approximate surface area is 139 Å². The molecule has 0 bridgehead atoms. The Bertz CT molecular complexity index is 517. The molecule has 1 spiro atoms. The maximum absolute atomic E-state index is 12.3. The molecular weight excluding hydrogens is 288 g/mol. The molecule has 0 radical (unpaired) electrons. The number of amides is 1. The number of hydrogen-bond donors (Lipinski definition) is 1. The lowest BCUT2D eigenvalue weighted by atomic mass is 9.73. The molecule has 0 aliphatic carbocycles. The summed E-state index contributed by atoms with van der Waals surface area (Å²) in [5, 5.41) is 9.20. The van der Waals surface area contributed by atoms with Gasteiger partial charge < -0.3 is 14.9 Å². The van der Waals surface area contributed by atoms with Gasteiger partial charge in [0.2, 0.25) is 5.91 Å². The van der Waals surface area contributed by atoms with E-state index in [1.54, 1.807) is 0 Å². The summed E-state index contributed by atoms with van der Waals surface area (Å²) in [4.78, 5) is 16.8. The van der Waals surface area contributed by atoms with Crippen LogP contribution in [0.4, 0.5) is 0 Å². The maximum Gasteiger partial charge on any atom is 0.222 e. The van der Waals surface area contributed by atoms with E-state index >= 15 is 0 Å². The summed E-state index contributed by atoms with van der Waals surface area (Å²) in [5.41, 5.74) is 1.54. The fraction of sp³-hybridized carbons (Fsp3) is 0.632. The SMILES string of the molecule is O=C1CC[C@]2(CCCN(CCO)C2)CN1CCc1ccccc1. The molecule has 4 heteroatoms. The summed E-state index contributed by atoms with van der Waals surface area (Å²) in [5.74, 6) is 0.311. The highest BCUT2D eigenvalue weighted by Gasteiger charge is 2.41. The highest BCUT2D eigenvalue weighted by molar-refractivity contribution is 5.77. The van der Waals surface area contributed by atoms with Gasteiger partial charge in [0.1, 0.15) is 0 Å². The number of likely N-dealkylation sites (tertiary alicyclic amines) is 2. The first-order chi connectivity index (χ1) is 11.2. The Kier molecular flexibility index (Phi) is 5.34. The summed E-state index contributed by atoms with van der Waals surface area (Å²) in [7, 11) is 0. The van der Waals surface area contributed by atoms with Gasteiger partial charge >= 0.3 is 0 Å². The number of β-amino-alcohol motifs (C(OH)–C–C–N with tert-alkyl or cyclic N) is 1. The molecule has 0 unspecified atom stereocenters. The molecule has 23 heavy (non-hydrogen) atoms. The molecule has 126 valence electrons. The Balaban J connectivity index is 1.61. The van der Waals surface area contributed by atoms with Crippen LogP contribution >= 0.6 is 0 Å². The van der Waals surface area contributed by atoms with Crippen LogP contribution in [0.2, 0.25) is 0 Å². The minimum Gasteiger partial charge on any atom is -0.395 e. The number of piperidine rings is 2. The quantitative estimate of drug-likeness (QED) is 0.903. The zero-order chi connectivity index (χ0) is 16.1. The van der Waals surface area contributed by atoms with Gasteiger partial charge in [-0.15, -0.1) is 0 Å². The highest BCUT2D eigenvalue weighted by atomic mass is 16.3. The van der Waals surface area contributed by atoms with Crippen molar-refractivity contribution in [3.05, 3.63) is 35.9 Å². The van der Waals surface area contributed by atoms with Crippen molar-refractivity contribution in [3.63, 3.8) is 0 Å². The number of benzene rings is 1. The van der Waals surface area contributed by atoms with Crippen LogP contribution in [-0.4, -0.2) is 60.1 Å². The third-order valence-corrected chi connectivity index (χ3v) is 5.42. The van der Waals surface area contributed by atoms with E-state index in [9.17, 15) is 9.90 Å². The van der Waals surface area contributed by atoms with Crippen molar-refractivity contribution in [1.82, 2.24) is 9.80 Å². The average molecular weight is 316 g/mol. The summed E-state index contributed by atoms with van der Waals surface area (Å²) >= 11 is 0.